The van der Waals surface area contributed by atoms with Gasteiger partial charge in [-0.05, 0) is 12.5 Å². The number of ether oxygens (including phenoxy) is 1. The number of benzene rings is 1. The van der Waals surface area contributed by atoms with Gasteiger partial charge >= 0.3 is 5.97 Å². The minimum atomic E-state index is -0.344. The molecule has 2 amide bonds. The molecule has 1 heterocycles. The Hall–Kier alpha value is -2.69. The Labute approximate surface area is 116 Å². The van der Waals surface area contributed by atoms with E-state index in [9.17, 15) is 14.4 Å². The second-order valence-corrected chi connectivity index (χ2v) is 4.03. The molecule has 0 unspecified atom stereocenters. The Morgan fingerprint density at radius 1 is 1.15 bits per heavy atom. The Kier molecular flexibility index (Phi) is 5.90. The number of carbonyl (C=O) groups is 3. The van der Waals surface area contributed by atoms with Crippen LogP contribution in [0.2, 0.25) is 0 Å². The second-order valence-electron chi connectivity index (χ2n) is 4.03. The number of nitrogens with one attached hydrogen (secondary N) is 1. The van der Waals surface area contributed by atoms with E-state index >= 15 is 0 Å². The number of amides is 2. The third kappa shape index (κ3) is 5.77. The van der Waals surface area contributed by atoms with Crippen LogP contribution in [0.3, 0.4) is 0 Å². The van der Waals surface area contributed by atoms with Crippen molar-refractivity contribution in [2.45, 2.75) is 13.5 Å². The summed E-state index contributed by atoms with van der Waals surface area (Å²) in [7, 11) is 0. The molecule has 0 saturated carbocycles. The predicted octanol–water partition coefficient (Wildman–Crippen LogP) is 1.50. The van der Waals surface area contributed by atoms with Gasteiger partial charge in [0.1, 0.15) is 6.61 Å². The molecule has 0 fully saturated rings. The van der Waals surface area contributed by atoms with E-state index in [0.29, 0.717) is 12.2 Å². The predicted molar refractivity (Wildman–Crippen MR) is 73.3 cm³/mol. The summed E-state index contributed by atoms with van der Waals surface area (Å²) in [6, 6.07) is 9.55. The van der Waals surface area contributed by atoms with Crippen LogP contribution in [0.5, 0.6) is 0 Å². The van der Waals surface area contributed by atoms with E-state index in [-0.39, 0.29) is 17.8 Å². The first-order valence-corrected chi connectivity index (χ1v) is 5.88. The zero-order chi connectivity index (χ0) is 15.0. The van der Waals surface area contributed by atoms with E-state index < -0.39 is 0 Å². The highest BCUT2D eigenvalue weighted by Crippen LogP contribution is 2.02. The van der Waals surface area contributed by atoms with Crippen LogP contribution in [-0.2, 0) is 25.7 Å². The van der Waals surface area contributed by atoms with E-state index in [0.717, 1.165) is 5.56 Å². The molecule has 0 spiro atoms. The van der Waals surface area contributed by atoms with E-state index in [2.05, 4.69) is 6.58 Å². The van der Waals surface area contributed by atoms with Crippen molar-refractivity contribution >= 4 is 17.8 Å². The molecule has 104 valence electrons. The van der Waals surface area contributed by atoms with Crippen molar-refractivity contribution in [3.8, 4) is 0 Å². The van der Waals surface area contributed by atoms with Crippen LogP contribution in [0.25, 0.3) is 0 Å². The summed E-state index contributed by atoms with van der Waals surface area (Å²) in [6.07, 6.45) is 2.39. The van der Waals surface area contributed by atoms with Gasteiger partial charge < -0.3 is 4.74 Å². The van der Waals surface area contributed by atoms with E-state index in [1.165, 1.54) is 12.2 Å². The first-order valence-electron chi connectivity index (χ1n) is 5.88. The number of carbonyl (C=O) groups excluding carboxylic acids is 3. The van der Waals surface area contributed by atoms with Crippen molar-refractivity contribution < 1.29 is 19.1 Å². The fourth-order valence-corrected chi connectivity index (χ4v) is 1.20. The normalized spacial score (nSPS) is 12.2. The Morgan fingerprint density at radius 2 is 1.70 bits per heavy atom. The van der Waals surface area contributed by atoms with Crippen LogP contribution < -0.4 is 5.32 Å². The molecule has 1 aromatic rings. The van der Waals surface area contributed by atoms with Crippen molar-refractivity contribution in [3.63, 3.8) is 0 Å². The lowest BCUT2D eigenvalue weighted by Crippen LogP contribution is -2.19. The third-order valence-corrected chi connectivity index (χ3v) is 2.19. The highest BCUT2D eigenvalue weighted by atomic mass is 16.5. The fourth-order valence-electron chi connectivity index (χ4n) is 1.20. The Morgan fingerprint density at radius 3 is 2.10 bits per heavy atom. The van der Waals surface area contributed by atoms with Gasteiger partial charge in [0.15, 0.2) is 0 Å². The molecule has 5 heteroatoms. The van der Waals surface area contributed by atoms with Crippen molar-refractivity contribution in [2.24, 2.45) is 0 Å². The number of hydrogen-bond donors (Lipinski definition) is 1. The summed E-state index contributed by atoms with van der Waals surface area (Å²) in [5, 5.41) is 2.03. The van der Waals surface area contributed by atoms with Gasteiger partial charge in [0.2, 0.25) is 0 Å². The summed E-state index contributed by atoms with van der Waals surface area (Å²) in [4.78, 5) is 31.1. The molecule has 5 nitrogen and oxygen atoms in total. The first-order chi connectivity index (χ1) is 9.49. The zero-order valence-corrected chi connectivity index (χ0v) is 11.1. The van der Waals surface area contributed by atoms with Crippen LogP contribution in [-0.4, -0.2) is 17.8 Å². The molecule has 1 aromatic carbocycles. The molecule has 0 radical (unpaired) electrons. The molecule has 0 atom stereocenters. The first kappa shape index (κ1) is 15.4. The maximum absolute atomic E-state index is 11.0. The van der Waals surface area contributed by atoms with Gasteiger partial charge in [0.25, 0.3) is 11.8 Å². The minimum absolute atomic E-state index is 0.312. The lowest BCUT2D eigenvalue weighted by atomic mass is 10.2. The van der Waals surface area contributed by atoms with E-state index in [4.69, 9.17) is 4.74 Å². The third-order valence-electron chi connectivity index (χ3n) is 2.19. The molecule has 1 aliphatic rings. The number of hydrogen-bond acceptors (Lipinski definition) is 4. The highest BCUT2D eigenvalue weighted by Gasteiger charge is 2.06. The molecule has 2 rings (SSSR count). The molecule has 1 aliphatic heterocycles. The SMILES string of the molecule is C=C(C)C(=O)OCc1ccccc1.O=C1C=CC(=O)N1. The van der Waals surface area contributed by atoms with Crippen LogP contribution in [0, 0.1) is 0 Å². The topological polar surface area (TPSA) is 72.5 Å². The minimum Gasteiger partial charge on any atom is -0.457 e. The summed E-state index contributed by atoms with van der Waals surface area (Å²) in [5.41, 5.74) is 1.41. The van der Waals surface area contributed by atoms with Crippen LogP contribution >= 0.6 is 0 Å². The maximum Gasteiger partial charge on any atom is 0.333 e. The molecule has 0 saturated heterocycles. The number of rotatable bonds is 3. The molecule has 0 bridgehead atoms. The van der Waals surface area contributed by atoms with Gasteiger partial charge in [-0.25, -0.2) is 4.79 Å². The Balaban J connectivity index is 0.000000240. The fraction of sp³-hybridized carbons (Fsp3) is 0.133. The van der Waals surface area contributed by atoms with Crippen molar-refractivity contribution in [3.05, 3.63) is 60.2 Å². The van der Waals surface area contributed by atoms with Crippen molar-refractivity contribution in [1.82, 2.24) is 5.32 Å². The highest BCUT2D eigenvalue weighted by molar-refractivity contribution is 6.12. The van der Waals surface area contributed by atoms with Gasteiger partial charge in [-0.2, -0.15) is 0 Å². The molecule has 0 aliphatic carbocycles. The standard InChI is InChI=1S/C11H12O2.C4H3NO2/c1-9(2)11(12)13-8-10-6-4-3-5-7-10;6-3-1-2-4(7)5-3/h3-7H,1,8H2,2H3;1-2H,(H,5,6,7). The van der Waals surface area contributed by atoms with Crippen LogP contribution in [0.4, 0.5) is 0 Å². The van der Waals surface area contributed by atoms with Gasteiger partial charge in [0, 0.05) is 17.7 Å². The van der Waals surface area contributed by atoms with E-state index in [1.54, 1.807) is 6.92 Å². The van der Waals surface area contributed by atoms with Crippen LogP contribution in [0.15, 0.2) is 54.6 Å². The number of imide groups is 1. The molecular formula is C15H15NO4. The summed E-state index contributed by atoms with van der Waals surface area (Å²) in [6.45, 7) is 5.44. The monoisotopic (exact) mass is 273 g/mol. The molecule has 0 aromatic heterocycles. The van der Waals surface area contributed by atoms with Gasteiger partial charge in [0.05, 0.1) is 0 Å². The van der Waals surface area contributed by atoms with Gasteiger partial charge in [-0.3, -0.25) is 14.9 Å². The average Bonchev–Trinajstić information content (AvgIpc) is 2.81. The summed E-state index contributed by atoms with van der Waals surface area (Å²) in [5.74, 6) is -1.00. The summed E-state index contributed by atoms with van der Waals surface area (Å²) >= 11 is 0. The van der Waals surface area contributed by atoms with E-state index in [1.807, 2.05) is 35.6 Å². The van der Waals surface area contributed by atoms with Gasteiger partial charge in [-0.15, -0.1) is 0 Å². The zero-order valence-electron chi connectivity index (χ0n) is 11.1. The van der Waals surface area contributed by atoms with Crippen LogP contribution in [0.1, 0.15) is 12.5 Å². The average molecular weight is 273 g/mol. The quantitative estimate of drug-likeness (QED) is 0.514. The second kappa shape index (κ2) is 7.68. The molecular weight excluding hydrogens is 258 g/mol. The lowest BCUT2D eigenvalue weighted by Gasteiger charge is -2.03. The summed E-state index contributed by atoms with van der Waals surface area (Å²) < 4.78 is 4.95. The van der Waals surface area contributed by atoms with Crippen molar-refractivity contribution in [2.75, 3.05) is 0 Å². The smallest absolute Gasteiger partial charge is 0.333 e. The molecule has 1 N–H and O–H groups in total. The van der Waals surface area contributed by atoms with Crippen molar-refractivity contribution in [1.29, 1.82) is 0 Å². The number of esters is 1. The lowest BCUT2D eigenvalue weighted by molar-refractivity contribution is -0.140. The largest absolute Gasteiger partial charge is 0.457 e. The molecule has 20 heavy (non-hydrogen) atoms. The Bertz CT molecular complexity index is 530. The van der Waals surface area contributed by atoms with Gasteiger partial charge in [-0.1, -0.05) is 36.9 Å². The maximum atomic E-state index is 11.0.